The summed E-state index contributed by atoms with van der Waals surface area (Å²) < 4.78 is 39.4. The second-order valence-corrected chi connectivity index (χ2v) is 5.12. The summed E-state index contributed by atoms with van der Waals surface area (Å²) in [7, 11) is 0. The number of hydrogen-bond acceptors (Lipinski definition) is 2. The van der Waals surface area contributed by atoms with Crippen LogP contribution in [0.3, 0.4) is 0 Å². The molecule has 2 nitrogen and oxygen atoms in total. The quantitative estimate of drug-likeness (QED) is 0.657. The second kappa shape index (κ2) is 6.05. The molecule has 2 rings (SSSR count). The number of alkyl halides is 3. The lowest BCUT2D eigenvalue weighted by molar-refractivity contribution is -0.138. The minimum Gasteiger partial charge on any atom is -0.271 e. The zero-order valence-corrected chi connectivity index (χ0v) is 12.0. The Morgan fingerprint density at radius 1 is 1.10 bits per heavy atom. The van der Waals surface area contributed by atoms with E-state index < -0.39 is 17.8 Å². The molecule has 1 atom stereocenters. The molecule has 3 N–H and O–H groups in total. The molecule has 0 heterocycles. The van der Waals surface area contributed by atoms with Gasteiger partial charge in [0.2, 0.25) is 0 Å². The summed E-state index contributed by atoms with van der Waals surface area (Å²) in [5.41, 5.74) is 3.23. The van der Waals surface area contributed by atoms with E-state index in [1.807, 2.05) is 0 Å². The zero-order chi connectivity index (χ0) is 15.6. The van der Waals surface area contributed by atoms with Crippen molar-refractivity contribution in [2.24, 2.45) is 5.84 Å². The topological polar surface area (TPSA) is 38.0 Å². The van der Waals surface area contributed by atoms with Crippen LogP contribution in [0.5, 0.6) is 0 Å². The predicted octanol–water partition coefficient (Wildman–Crippen LogP) is 4.22. The highest BCUT2D eigenvalue weighted by molar-refractivity contribution is 6.30. The van der Waals surface area contributed by atoms with Crippen LogP contribution in [-0.2, 0) is 6.18 Å². The first-order valence-corrected chi connectivity index (χ1v) is 6.60. The molecule has 0 spiro atoms. The Balaban J connectivity index is 2.60. The molecule has 0 saturated heterocycles. The molecule has 0 aromatic heterocycles. The summed E-state index contributed by atoms with van der Waals surface area (Å²) in [5.74, 6) is 5.51. The Morgan fingerprint density at radius 3 is 2.38 bits per heavy atom. The van der Waals surface area contributed by atoms with Crippen molar-refractivity contribution in [1.82, 2.24) is 5.43 Å². The van der Waals surface area contributed by atoms with Gasteiger partial charge in [0, 0.05) is 5.02 Å². The van der Waals surface area contributed by atoms with Crippen molar-refractivity contribution < 1.29 is 13.2 Å². The Hall–Kier alpha value is -1.56. The number of hydrogen-bond donors (Lipinski definition) is 2. The van der Waals surface area contributed by atoms with Gasteiger partial charge in [-0.1, -0.05) is 35.9 Å². The molecular formula is C15H14ClF3N2. The first-order valence-electron chi connectivity index (χ1n) is 6.23. The number of nitrogens with two attached hydrogens (primary N) is 1. The molecule has 0 fully saturated rings. The minimum absolute atomic E-state index is 0.0675. The number of nitrogens with one attached hydrogen (secondary N) is 1. The summed E-state index contributed by atoms with van der Waals surface area (Å²) in [6.45, 7) is 1.80. The molecule has 0 amide bonds. The molecule has 2 aromatic rings. The van der Waals surface area contributed by atoms with Crippen LogP contribution in [0.2, 0.25) is 5.02 Å². The Bertz CT molecular complexity index is 641. The molecule has 6 heteroatoms. The summed E-state index contributed by atoms with van der Waals surface area (Å²) in [4.78, 5) is 0. The first-order chi connectivity index (χ1) is 9.84. The van der Waals surface area contributed by atoms with Crippen LogP contribution in [0.4, 0.5) is 13.2 Å². The van der Waals surface area contributed by atoms with Crippen molar-refractivity contribution in [3.8, 4) is 0 Å². The molecule has 0 aliphatic rings. The molecule has 2 aromatic carbocycles. The van der Waals surface area contributed by atoms with Crippen LogP contribution in [0, 0.1) is 6.92 Å². The van der Waals surface area contributed by atoms with E-state index in [0.29, 0.717) is 10.6 Å². The smallest absolute Gasteiger partial charge is 0.271 e. The van der Waals surface area contributed by atoms with Crippen LogP contribution in [0.25, 0.3) is 0 Å². The summed E-state index contributed by atoms with van der Waals surface area (Å²) in [6, 6.07) is 9.62. The average Bonchev–Trinajstić information content (AvgIpc) is 2.43. The number of halogens is 4. The zero-order valence-electron chi connectivity index (χ0n) is 11.2. The summed E-state index contributed by atoms with van der Waals surface area (Å²) in [5, 5.41) is 0.445. The number of aryl methyl sites for hydroxylation is 1. The van der Waals surface area contributed by atoms with E-state index in [1.54, 1.807) is 31.2 Å². The maximum absolute atomic E-state index is 13.1. The van der Waals surface area contributed by atoms with Gasteiger partial charge >= 0.3 is 6.18 Å². The van der Waals surface area contributed by atoms with Gasteiger partial charge in [-0.25, -0.2) is 5.43 Å². The van der Waals surface area contributed by atoms with Crippen LogP contribution < -0.4 is 11.3 Å². The molecule has 0 saturated carbocycles. The maximum atomic E-state index is 13.1. The lowest BCUT2D eigenvalue weighted by Gasteiger charge is -2.23. The second-order valence-electron chi connectivity index (χ2n) is 4.69. The fourth-order valence-corrected chi connectivity index (χ4v) is 2.46. The van der Waals surface area contributed by atoms with E-state index in [2.05, 4.69) is 5.43 Å². The van der Waals surface area contributed by atoms with E-state index in [4.69, 9.17) is 17.4 Å². The average molecular weight is 315 g/mol. The van der Waals surface area contributed by atoms with Crippen molar-refractivity contribution in [2.45, 2.75) is 19.1 Å². The van der Waals surface area contributed by atoms with Gasteiger partial charge in [-0.3, -0.25) is 5.84 Å². The third kappa shape index (κ3) is 3.37. The van der Waals surface area contributed by atoms with E-state index in [0.717, 1.165) is 11.6 Å². The van der Waals surface area contributed by atoms with Crippen molar-refractivity contribution in [1.29, 1.82) is 0 Å². The minimum atomic E-state index is -4.45. The fourth-order valence-electron chi connectivity index (χ4n) is 2.28. The van der Waals surface area contributed by atoms with Crippen LogP contribution in [0.15, 0.2) is 42.5 Å². The Labute approximate surface area is 125 Å². The molecule has 21 heavy (non-hydrogen) atoms. The highest BCUT2D eigenvalue weighted by Gasteiger charge is 2.35. The highest BCUT2D eigenvalue weighted by atomic mass is 35.5. The molecule has 0 aliphatic heterocycles. The molecular weight excluding hydrogens is 301 g/mol. The first kappa shape index (κ1) is 15.8. The van der Waals surface area contributed by atoms with Crippen molar-refractivity contribution in [3.05, 3.63) is 69.7 Å². The highest BCUT2D eigenvalue weighted by Crippen LogP contribution is 2.37. The number of hydrazine groups is 1. The van der Waals surface area contributed by atoms with Gasteiger partial charge in [-0.05, 0) is 41.8 Å². The van der Waals surface area contributed by atoms with Gasteiger partial charge in [0.25, 0.3) is 0 Å². The van der Waals surface area contributed by atoms with Crippen LogP contribution >= 0.6 is 11.6 Å². The van der Waals surface area contributed by atoms with Crippen molar-refractivity contribution in [3.63, 3.8) is 0 Å². The van der Waals surface area contributed by atoms with E-state index in [9.17, 15) is 13.2 Å². The van der Waals surface area contributed by atoms with Crippen LogP contribution in [-0.4, -0.2) is 0 Å². The number of benzene rings is 2. The predicted molar refractivity (Wildman–Crippen MR) is 76.8 cm³/mol. The molecule has 112 valence electrons. The third-order valence-electron chi connectivity index (χ3n) is 3.30. The van der Waals surface area contributed by atoms with Crippen molar-refractivity contribution >= 4 is 11.6 Å². The molecule has 0 bridgehead atoms. The maximum Gasteiger partial charge on any atom is 0.416 e. The molecule has 0 radical (unpaired) electrons. The van der Waals surface area contributed by atoms with Crippen LogP contribution in [0.1, 0.15) is 28.3 Å². The monoisotopic (exact) mass is 314 g/mol. The standard InChI is InChI=1S/C15H14ClF3N2/c1-9-6-7-10(16)8-12(9)14(21-20)11-4-2-3-5-13(11)15(17,18)19/h2-8,14,21H,20H2,1H3. The Morgan fingerprint density at radius 2 is 1.76 bits per heavy atom. The van der Waals surface area contributed by atoms with Gasteiger partial charge < -0.3 is 0 Å². The van der Waals surface area contributed by atoms with E-state index >= 15 is 0 Å². The lowest BCUT2D eigenvalue weighted by Crippen LogP contribution is -2.31. The Kier molecular flexibility index (Phi) is 4.56. The SMILES string of the molecule is Cc1ccc(Cl)cc1C(NN)c1ccccc1C(F)(F)F. The summed E-state index contributed by atoms with van der Waals surface area (Å²) >= 11 is 5.94. The summed E-state index contributed by atoms with van der Waals surface area (Å²) in [6.07, 6.45) is -4.45. The van der Waals surface area contributed by atoms with E-state index in [-0.39, 0.29) is 5.56 Å². The van der Waals surface area contributed by atoms with Crippen molar-refractivity contribution in [2.75, 3.05) is 0 Å². The van der Waals surface area contributed by atoms with Gasteiger partial charge in [0.15, 0.2) is 0 Å². The largest absolute Gasteiger partial charge is 0.416 e. The van der Waals surface area contributed by atoms with Gasteiger partial charge in [-0.15, -0.1) is 0 Å². The van der Waals surface area contributed by atoms with E-state index in [1.165, 1.54) is 12.1 Å². The van der Waals surface area contributed by atoms with Gasteiger partial charge in [0.1, 0.15) is 0 Å². The third-order valence-corrected chi connectivity index (χ3v) is 3.53. The lowest BCUT2D eigenvalue weighted by atomic mass is 9.92. The molecule has 1 unspecified atom stereocenters. The van der Waals surface area contributed by atoms with Gasteiger partial charge in [0.05, 0.1) is 11.6 Å². The number of rotatable bonds is 3. The normalized spacial score (nSPS) is 13.2. The molecule has 0 aliphatic carbocycles. The fraction of sp³-hybridized carbons (Fsp3) is 0.200. The van der Waals surface area contributed by atoms with Gasteiger partial charge in [-0.2, -0.15) is 13.2 Å².